The number of nitrogens with zero attached hydrogens (tertiary/aromatic N) is 4. The second kappa shape index (κ2) is 7.09. The van der Waals surface area contributed by atoms with Crippen molar-refractivity contribution in [1.82, 2.24) is 14.7 Å². The van der Waals surface area contributed by atoms with Gasteiger partial charge >= 0.3 is 0 Å². The number of fused-ring (bicyclic) bond motifs is 1. The van der Waals surface area contributed by atoms with Crippen LogP contribution in [0.4, 0.5) is 5.69 Å². The lowest BCUT2D eigenvalue weighted by Gasteiger charge is -2.36. The molecule has 1 aliphatic rings. The maximum atomic E-state index is 12.6. The molecule has 0 atom stereocenters. The van der Waals surface area contributed by atoms with Gasteiger partial charge in [0, 0.05) is 42.3 Å². The van der Waals surface area contributed by atoms with E-state index in [-0.39, 0.29) is 18.0 Å². The van der Waals surface area contributed by atoms with Crippen molar-refractivity contribution in [2.24, 2.45) is 0 Å². The number of benzene rings is 1. The highest BCUT2D eigenvalue weighted by molar-refractivity contribution is 7.17. The summed E-state index contributed by atoms with van der Waals surface area (Å²) >= 11 is 7.43. The monoisotopic (exact) mass is 388 g/mol. The highest BCUT2D eigenvalue weighted by atomic mass is 35.5. The third kappa shape index (κ3) is 3.32. The van der Waals surface area contributed by atoms with Gasteiger partial charge in [0.25, 0.3) is 5.56 Å². The molecule has 0 saturated carbocycles. The quantitative estimate of drug-likeness (QED) is 0.691. The molecule has 0 radical (unpaired) electrons. The number of halogens is 1. The van der Waals surface area contributed by atoms with Crippen molar-refractivity contribution in [2.45, 2.75) is 6.54 Å². The van der Waals surface area contributed by atoms with E-state index >= 15 is 0 Å². The molecule has 0 aliphatic carbocycles. The Bertz CT molecular complexity index is 1010. The standard InChI is InChI=1S/C18H17ClN4O2S/c19-14-2-1-3-15(10-14)21-5-7-22(8-6-21)16(24)12-23-18(25)17-13(11-20-23)4-9-26-17/h1-4,9-11H,5-8,12H2. The van der Waals surface area contributed by atoms with Gasteiger partial charge in [0.05, 0.1) is 6.20 Å². The van der Waals surface area contributed by atoms with Crippen LogP contribution in [0.1, 0.15) is 0 Å². The van der Waals surface area contributed by atoms with Crippen LogP contribution in [0, 0.1) is 0 Å². The number of carbonyl (C=O) groups excluding carboxylic acids is 1. The fourth-order valence-corrected chi connectivity index (χ4v) is 4.12. The van der Waals surface area contributed by atoms with E-state index in [1.54, 1.807) is 11.1 Å². The molecular weight excluding hydrogens is 372 g/mol. The normalized spacial score (nSPS) is 14.8. The average molecular weight is 389 g/mol. The molecular formula is C18H17ClN4O2S. The van der Waals surface area contributed by atoms with Gasteiger partial charge in [-0.3, -0.25) is 9.59 Å². The van der Waals surface area contributed by atoms with Crippen LogP contribution < -0.4 is 10.5 Å². The van der Waals surface area contributed by atoms with Crippen LogP contribution in [0.5, 0.6) is 0 Å². The predicted molar refractivity (Wildman–Crippen MR) is 104 cm³/mol. The molecule has 1 aliphatic heterocycles. The SMILES string of the molecule is O=C(Cn1ncc2ccsc2c1=O)N1CCN(c2cccc(Cl)c2)CC1. The van der Waals surface area contributed by atoms with E-state index in [1.165, 1.54) is 16.0 Å². The zero-order valence-corrected chi connectivity index (χ0v) is 15.5. The smallest absolute Gasteiger partial charge is 0.285 e. The molecule has 3 aromatic rings. The Morgan fingerprint density at radius 2 is 2.00 bits per heavy atom. The summed E-state index contributed by atoms with van der Waals surface area (Å²) in [6.45, 7) is 2.67. The molecule has 1 saturated heterocycles. The number of rotatable bonds is 3. The predicted octanol–water partition coefficient (Wildman–Crippen LogP) is 2.46. The Kier molecular flexibility index (Phi) is 4.65. The highest BCUT2D eigenvalue weighted by Crippen LogP contribution is 2.21. The van der Waals surface area contributed by atoms with Crippen LogP contribution in [0.3, 0.4) is 0 Å². The molecule has 26 heavy (non-hydrogen) atoms. The van der Waals surface area contributed by atoms with Crippen molar-refractivity contribution >= 4 is 44.6 Å². The Balaban J connectivity index is 1.42. The van der Waals surface area contributed by atoms with Crippen LogP contribution in [0.15, 0.2) is 46.7 Å². The summed E-state index contributed by atoms with van der Waals surface area (Å²) in [7, 11) is 0. The highest BCUT2D eigenvalue weighted by Gasteiger charge is 2.22. The van der Waals surface area contributed by atoms with Crippen LogP contribution in [0.2, 0.25) is 5.02 Å². The Labute approximate surface area is 159 Å². The molecule has 8 heteroatoms. The first-order valence-electron chi connectivity index (χ1n) is 8.33. The van der Waals surface area contributed by atoms with Gasteiger partial charge in [0.15, 0.2) is 0 Å². The zero-order valence-electron chi connectivity index (χ0n) is 14.0. The molecule has 0 unspecified atom stereocenters. The summed E-state index contributed by atoms with van der Waals surface area (Å²) in [4.78, 5) is 29.0. The molecule has 0 N–H and O–H groups in total. The molecule has 6 nitrogen and oxygen atoms in total. The number of hydrogen-bond acceptors (Lipinski definition) is 5. The number of anilines is 1. The molecule has 0 bridgehead atoms. The number of amides is 1. The summed E-state index contributed by atoms with van der Waals surface area (Å²) in [6, 6.07) is 9.57. The largest absolute Gasteiger partial charge is 0.368 e. The minimum Gasteiger partial charge on any atom is -0.368 e. The van der Waals surface area contributed by atoms with Gasteiger partial charge in [0.2, 0.25) is 5.91 Å². The minimum atomic E-state index is -0.205. The average Bonchev–Trinajstić information content (AvgIpc) is 3.14. The van der Waals surface area contributed by atoms with E-state index in [4.69, 9.17) is 11.6 Å². The van der Waals surface area contributed by atoms with Crippen LogP contribution in [0.25, 0.3) is 10.1 Å². The topological polar surface area (TPSA) is 58.4 Å². The molecule has 1 aromatic carbocycles. The maximum absolute atomic E-state index is 12.6. The third-order valence-corrected chi connectivity index (χ3v) is 5.70. The van der Waals surface area contributed by atoms with Crippen molar-refractivity contribution in [2.75, 3.05) is 31.1 Å². The Morgan fingerprint density at radius 3 is 2.77 bits per heavy atom. The first-order chi connectivity index (χ1) is 12.6. The lowest BCUT2D eigenvalue weighted by molar-refractivity contribution is -0.132. The molecule has 2 aromatic heterocycles. The van der Waals surface area contributed by atoms with Gasteiger partial charge in [-0.05, 0) is 29.6 Å². The van der Waals surface area contributed by atoms with Crippen LogP contribution in [-0.2, 0) is 11.3 Å². The summed E-state index contributed by atoms with van der Waals surface area (Å²) in [5.41, 5.74) is 0.856. The van der Waals surface area contributed by atoms with Gasteiger partial charge < -0.3 is 9.80 Å². The molecule has 3 heterocycles. The fraction of sp³-hybridized carbons (Fsp3) is 0.278. The van der Waals surface area contributed by atoms with Gasteiger partial charge in [-0.15, -0.1) is 11.3 Å². The number of hydrogen-bond donors (Lipinski definition) is 0. The minimum absolute atomic E-state index is 0.0240. The lowest BCUT2D eigenvalue weighted by atomic mass is 10.2. The number of thiophene rings is 1. The zero-order chi connectivity index (χ0) is 18.1. The van der Waals surface area contributed by atoms with E-state index in [0.29, 0.717) is 22.8 Å². The third-order valence-electron chi connectivity index (χ3n) is 4.55. The van der Waals surface area contributed by atoms with Crippen LogP contribution in [-0.4, -0.2) is 46.8 Å². The molecule has 134 valence electrons. The van der Waals surface area contributed by atoms with Crippen molar-refractivity contribution in [3.63, 3.8) is 0 Å². The fourth-order valence-electron chi connectivity index (χ4n) is 3.12. The molecule has 1 amide bonds. The van der Waals surface area contributed by atoms with E-state index in [0.717, 1.165) is 24.2 Å². The van der Waals surface area contributed by atoms with E-state index in [1.807, 2.05) is 35.7 Å². The second-order valence-corrected chi connectivity index (χ2v) is 7.51. The van der Waals surface area contributed by atoms with E-state index < -0.39 is 0 Å². The number of piperazine rings is 1. The first kappa shape index (κ1) is 17.1. The number of carbonyl (C=O) groups is 1. The summed E-state index contributed by atoms with van der Waals surface area (Å²) in [6.07, 6.45) is 1.64. The van der Waals surface area contributed by atoms with Gasteiger partial charge in [-0.1, -0.05) is 17.7 Å². The molecule has 4 rings (SSSR count). The van der Waals surface area contributed by atoms with Gasteiger partial charge in [0.1, 0.15) is 11.2 Å². The van der Waals surface area contributed by atoms with E-state index in [9.17, 15) is 9.59 Å². The summed E-state index contributed by atoms with van der Waals surface area (Å²) in [5, 5.41) is 7.50. The van der Waals surface area contributed by atoms with Gasteiger partial charge in [-0.2, -0.15) is 5.10 Å². The lowest BCUT2D eigenvalue weighted by Crippen LogP contribution is -2.50. The summed E-state index contributed by atoms with van der Waals surface area (Å²) in [5.74, 6) is -0.0822. The number of aromatic nitrogens is 2. The van der Waals surface area contributed by atoms with Crippen molar-refractivity contribution in [1.29, 1.82) is 0 Å². The van der Waals surface area contributed by atoms with Crippen molar-refractivity contribution < 1.29 is 4.79 Å². The van der Waals surface area contributed by atoms with Crippen LogP contribution >= 0.6 is 22.9 Å². The summed E-state index contributed by atoms with van der Waals surface area (Å²) < 4.78 is 1.89. The Morgan fingerprint density at radius 1 is 1.19 bits per heavy atom. The second-order valence-electron chi connectivity index (χ2n) is 6.16. The first-order valence-corrected chi connectivity index (χ1v) is 9.59. The van der Waals surface area contributed by atoms with Gasteiger partial charge in [-0.25, -0.2) is 4.68 Å². The van der Waals surface area contributed by atoms with Crippen molar-refractivity contribution in [3.8, 4) is 0 Å². The molecule has 0 spiro atoms. The van der Waals surface area contributed by atoms with E-state index in [2.05, 4.69) is 10.00 Å². The Hall–Kier alpha value is -2.38. The molecule has 1 fully saturated rings. The van der Waals surface area contributed by atoms with Crippen molar-refractivity contribution in [3.05, 3.63) is 57.3 Å². The maximum Gasteiger partial charge on any atom is 0.285 e.